The van der Waals surface area contributed by atoms with Gasteiger partial charge in [-0.3, -0.25) is 0 Å². The van der Waals surface area contributed by atoms with E-state index in [0.717, 1.165) is 29.8 Å². The van der Waals surface area contributed by atoms with Crippen molar-refractivity contribution >= 4 is 11.6 Å². The number of benzene rings is 1. The lowest BCUT2D eigenvalue weighted by Crippen LogP contribution is -2.39. The molecular formula is C17H24ClN. The number of hydrogen-bond donors (Lipinski definition) is 1. The first kappa shape index (κ1) is 13.5. The molecule has 1 aromatic carbocycles. The van der Waals surface area contributed by atoms with Gasteiger partial charge in [0.25, 0.3) is 0 Å². The molecule has 1 aromatic rings. The van der Waals surface area contributed by atoms with Gasteiger partial charge in [0.05, 0.1) is 0 Å². The highest BCUT2D eigenvalue weighted by atomic mass is 35.5. The van der Waals surface area contributed by atoms with Crippen LogP contribution < -0.4 is 5.32 Å². The van der Waals surface area contributed by atoms with Crippen LogP contribution in [0, 0.1) is 24.2 Å². The van der Waals surface area contributed by atoms with E-state index in [-0.39, 0.29) is 0 Å². The molecule has 1 nitrogen and oxygen atoms in total. The molecule has 0 amide bonds. The van der Waals surface area contributed by atoms with Crippen LogP contribution in [0.2, 0.25) is 5.02 Å². The second-order valence-corrected chi connectivity index (χ2v) is 7.15. The van der Waals surface area contributed by atoms with E-state index in [9.17, 15) is 0 Å². The molecule has 0 aliphatic heterocycles. The molecule has 3 unspecified atom stereocenters. The fourth-order valence-electron chi connectivity index (χ4n) is 4.58. The van der Waals surface area contributed by atoms with Gasteiger partial charge in [0, 0.05) is 11.6 Å². The van der Waals surface area contributed by atoms with Crippen LogP contribution in [0.1, 0.15) is 36.8 Å². The smallest absolute Gasteiger partial charge is 0.0440 e. The molecule has 1 N–H and O–H groups in total. The molecule has 3 rings (SSSR count). The number of rotatable bonds is 4. The van der Waals surface area contributed by atoms with Crippen molar-refractivity contribution in [1.82, 2.24) is 5.32 Å². The molecule has 2 saturated carbocycles. The summed E-state index contributed by atoms with van der Waals surface area (Å²) in [5.41, 5.74) is 3.05. The van der Waals surface area contributed by atoms with E-state index in [1.165, 1.54) is 36.8 Å². The average Bonchev–Trinajstić information content (AvgIpc) is 2.94. The van der Waals surface area contributed by atoms with Crippen LogP contribution in [0.15, 0.2) is 18.2 Å². The van der Waals surface area contributed by atoms with Gasteiger partial charge in [-0.25, -0.2) is 0 Å². The van der Waals surface area contributed by atoms with Crippen molar-refractivity contribution in [2.75, 3.05) is 13.6 Å². The fraction of sp³-hybridized carbons (Fsp3) is 0.647. The van der Waals surface area contributed by atoms with E-state index >= 15 is 0 Å². The molecule has 2 fully saturated rings. The SMILES string of the molecule is CNCC1(Cc2ccc(C)cc2Cl)CC2CCC1C2. The molecule has 0 spiro atoms. The van der Waals surface area contributed by atoms with Crippen molar-refractivity contribution in [3.8, 4) is 0 Å². The van der Waals surface area contributed by atoms with Crippen molar-refractivity contribution < 1.29 is 0 Å². The molecule has 0 heterocycles. The first-order valence-electron chi connectivity index (χ1n) is 7.52. The third-order valence-electron chi connectivity index (χ3n) is 5.38. The molecule has 19 heavy (non-hydrogen) atoms. The predicted molar refractivity (Wildman–Crippen MR) is 81.7 cm³/mol. The van der Waals surface area contributed by atoms with Gasteiger partial charge in [0.2, 0.25) is 0 Å². The summed E-state index contributed by atoms with van der Waals surface area (Å²) in [6.07, 6.45) is 6.87. The second-order valence-electron chi connectivity index (χ2n) is 6.74. The minimum absolute atomic E-state index is 0.455. The number of aryl methyl sites for hydroxylation is 1. The Hall–Kier alpha value is -0.530. The van der Waals surface area contributed by atoms with Crippen LogP contribution in [-0.4, -0.2) is 13.6 Å². The van der Waals surface area contributed by atoms with E-state index in [1.54, 1.807) is 0 Å². The summed E-state index contributed by atoms with van der Waals surface area (Å²) in [6.45, 7) is 3.24. The van der Waals surface area contributed by atoms with E-state index < -0.39 is 0 Å². The van der Waals surface area contributed by atoms with Gasteiger partial charge in [-0.2, -0.15) is 0 Å². The number of halogens is 1. The lowest BCUT2D eigenvalue weighted by atomic mass is 9.69. The number of nitrogens with one attached hydrogen (secondary N) is 1. The topological polar surface area (TPSA) is 12.0 Å². The predicted octanol–water partition coefficient (Wildman–Crippen LogP) is 4.22. The lowest BCUT2D eigenvalue weighted by Gasteiger charge is -2.38. The third kappa shape index (κ3) is 2.43. The molecule has 2 heteroatoms. The zero-order chi connectivity index (χ0) is 13.5. The molecule has 104 valence electrons. The van der Waals surface area contributed by atoms with Crippen LogP contribution in [0.25, 0.3) is 0 Å². The monoisotopic (exact) mass is 277 g/mol. The maximum absolute atomic E-state index is 6.45. The largest absolute Gasteiger partial charge is 0.319 e. The Bertz CT molecular complexity index is 470. The lowest BCUT2D eigenvalue weighted by molar-refractivity contribution is 0.160. The Morgan fingerprint density at radius 2 is 2.21 bits per heavy atom. The van der Waals surface area contributed by atoms with Crippen LogP contribution >= 0.6 is 11.6 Å². The van der Waals surface area contributed by atoms with E-state index in [2.05, 4.69) is 37.5 Å². The highest BCUT2D eigenvalue weighted by Crippen LogP contribution is 2.57. The molecule has 0 aromatic heterocycles. The third-order valence-corrected chi connectivity index (χ3v) is 5.73. The summed E-state index contributed by atoms with van der Waals surface area (Å²) < 4.78 is 0. The standard InChI is InChI=1S/C17H24ClN/c1-12-3-5-14(16(18)7-12)10-17(11-19-2)9-13-4-6-15(17)8-13/h3,5,7,13,15,19H,4,6,8-11H2,1-2H3. The highest BCUT2D eigenvalue weighted by molar-refractivity contribution is 6.31. The van der Waals surface area contributed by atoms with Gasteiger partial charge < -0.3 is 5.32 Å². The van der Waals surface area contributed by atoms with Gasteiger partial charge in [-0.15, -0.1) is 0 Å². The van der Waals surface area contributed by atoms with Crippen LogP contribution in [0.3, 0.4) is 0 Å². The quantitative estimate of drug-likeness (QED) is 0.869. The second kappa shape index (κ2) is 5.10. The van der Waals surface area contributed by atoms with Crippen LogP contribution in [0.5, 0.6) is 0 Å². The number of hydrogen-bond acceptors (Lipinski definition) is 1. The normalized spacial score (nSPS) is 33.0. The van der Waals surface area contributed by atoms with Gasteiger partial charge in [-0.05, 0) is 74.1 Å². The first-order valence-corrected chi connectivity index (χ1v) is 7.90. The Labute approximate surface area is 121 Å². The molecule has 2 aliphatic carbocycles. The summed E-state index contributed by atoms with van der Waals surface area (Å²) in [4.78, 5) is 0. The van der Waals surface area contributed by atoms with Gasteiger partial charge in [0.1, 0.15) is 0 Å². The average molecular weight is 278 g/mol. The minimum Gasteiger partial charge on any atom is -0.319 e. The minimum atomic E-state index is 0.455. The van der Waals surface area contributed by atoms with Crippen molar-refractivity contribution in [2.24, 2.45) is 17.3 Å². The molecule has 3 atom stereocenters. The zero-order valence-electron chi connectivity index (χ0n) is 12.0. The fourth-order valence-corrected chi connectivity index (χ4v) is 4.88. The molecular weight excluding hydrogens is 254 g/mol. The van der Waals surface area contributed by atoms with E-state index in [4.69, 9.17) is 11.6 Å². The molecule has 2 bridgehead atoms. The number of fused-ring (bicyclic) bond motifs is 2. The zero-order valence-corrected chi connectivity index (χ0v) is 12.8. The summed E-state index contributed by atoms with van der Waals surface area (Å²) in [5.74, 6) is 1.88. The maximum Gasteiger partial charge on any atom is 0.0440 e. The first-order chi connectivity index (χ1) is 9.13. The summed E-state index contributed by atoms with van der Waals surface area (Å²) in [7, 11) is 2.09. The molecule has 0 radical (unpaired) electrons. The van der Waals surface area contributed by atoms with Crippen molar-refractivity contribution in [2.45, 2.75) is 39.0 Å². The molecule has 2 aliphatic rings. The summed E-state index contributed by atoms with van der Waals surface area (Å²) in [5, 5.41) is 4.40. The van der Waals surface area contributed by atoms with E-state index in [1.807, 2.05) is 0 Å². The van der Waals surface area contributed by atoms with Crippen molar-refractivity contribution in [1.29, 1.82) is 0 Å². The van der Waals surface area contributed by atoms with Gasteiger partial charge in [-0.1, -0.05) is 30.2 Å². The molecule has 0 saturated heterocycles. The van der Waals surface area contributed by atoms with Crippen LogP contribution in [0.4, 0.5) is 0 Å². The van der Waals surface area contributed by atoms with Crippen molar-refractivity contribution in [3.05, 3.63) is 34.3 Å². The summed E-state index contributed by atoms with van der Waals surface area (Å²) >= 11 is 6.45. The highest BCUT2D eigenvalue weighted by Gasteiger charge is 2.50. The van der Waals surface area contributed by atoms with Gasteiger partial charge >= 0.3 is 0 Å². The van der Waals surface area contributed by atoms with E-state index in [0.29, 0.717) is 5.41 Å². The van der Waals surface area contributed by atoms with Gasteiger partial charge in [0.15, 0.2) is 0 Å². The van der Waals surface area contributed by atoms with Crippen LogP contribution in [-0.2, 0) is 6.42 Å². The summed E-state index contributed by atoms with van der Waals surface area (Å²) in [6, 6.07) is 6.54. The Morgan fingerprint density at radius 3 is 2.79 bits per heavy atom. The Balaban J connectivity index is 1.86. The van der Waals surface area contributed by atoms with Crippen molar-refractivity contribution in [3.63, 3.8) is 0 Å². The maximum atomic E-state index is 6.45. The Morgan fingerprint density at radius 1 is 1.37 bits per heavy atom. The Kier molecular flexibility index (Phi) is 3.61.